The third kappa shape index (κ3) is 4.49. The Morgan fingerprint density at radius 3 is 2.69 bits per heavy atom. The summed E-state index contributed by atoms with van der Waals surface area (Å²) in [6.45, 7) is 0.214. The molecule has 2 heterocycles. The lowest BCUT2D eigenvalue weighted by molar-refractivity contribution is 0.104. The number of benzene rings is 1. The molecule has 0 unspecified atom stereocenters. The predicted octanol–water partition coefficient (Wildman–Crippen LogP) is 5.45. The van der Waals surface area contributed by atoms with Crippen molar-refractivity contribution >= 4 is 46.7 Å². The summed E-state index contributed by atoms with van der Waals surface area (Å²) in [5, 5.41) is 5.20. The minimum atomic E-state index is -0.305. The maximum Gasteiger partial charge on any atom is 0.207 e. The number of furan rings is 1. The molecule has 0 spiro atoms. The van der Waals surface area contributed by atoms with E-state index in [1.54, 1.807) is 49.7 Å². The van der Waals surface area contributed by atoms with Crippen molar-refractivity contribution in [2.24, 2.45) is 7.05 Å². The second kappa shape index (κ2) is 7.99. The van der Waals surface area contributed by atoms with Crippen molar-refractivity contribution in [3.05, 3.63) is 74.9 Å². The Hall–Kier alpha value is -2.21. The van der Waals surface area contributed by atoms with E-state index in [0.29, 0.717) is 32.3 Å². The highest BCUT2D eigenvalue weighted by Crippen LogP contribution is 2.27. The lowest BCUT2D eigenvalue weighted by Gasteiger charge is -2.05. The molecule has 26 heavy (non-hydrogen) atoms. The van der Waals surface area contributed by atoms with Crippen molar-refractivity contribution < 1.29 is 13.9 Å². The molecule has 2 aromatic heterocycles. The van der Waals surface area contributed by atoms with E-state index in [1.165, 1.54) is 10.8 Å². The van der Waals surface area contributed by atoms with Crippen LogP contribution >= 0.6 is 34.8 Å². The van der Waals surface area contributed by atoms with Crippen LogP contribution in [0.4, 0.5) is 0 Å². The van der Waals surface area contributed by atoms with E-state index < -0.39 is 0 Å². The number of allylic oxidation sites excluding steroid dienone is 1. The van der Waals surface area contributed by atoms with E-state index in [2.05, 4.69) is 5.10 Å². The maximum absolute atomic E-state index is 12.1. The highest BCUT2D eigenvalue weighted by atomic mass is 35.5. The van der Waals surface area contributed by atoms with Gasteiger partial charge in [0.2, 0.25) is 5.78 Å². The fourth-order valence-corrected chi connectivity index (χ4v) is 2.71. The lowest BCUT2D eigenvalue weighted by Crippen LogP contribution is -1.98. The molecular formula is C18H13Cl3N2O3. The standard InChI is InChI=1S/C18H13Cl3N2O3/c1-23-9-16(21)18(22-23)17(24)7-5-11-2-3-13(26-11)10-25-12-4-6-14(19)15(20)8-12/h2-9H,10H2,1H3/b7-5+. The molecule has 0 bridgehead atoms. The third-order valence-corrected chi connectivity index (χ3v) is 4.39. The number of aryl methyl sites for hydroxylation is 1. The first-order chi connectivity index (χ1) is 12.4. The summed E-state index contributed by atoms with van der Waals surface area (Å²) in [5.41, 5.74) is 0.195. The van der Waals surface area contributed by atoms with Crippen LogP contribution < -0.4 is 4.74 Å². The second-order valence-electron chi connectivity index (χ2n) is 5.37. The van der Waals surface area contributed by atoms with Gasteiger partial charge in [0, 0.05) is 19.3 Å². The zero-order chi connectivity index (χ0) is 18.7. The number of carbonyl (C=O) groups is 1. The quantitative estimate of drug-likeness (QED) is 0.400. The molecule has 0 aliphatic carbocycles. The van der Waals surface area contributed by atoms with Gasteiger partial charge in [-0.15, -0.1) is 0 Å². The van der Waals surface area contributed by atoms with Crippen molar-refractivity contribution in [3.8, 4) is 5.75 Å². The first-order valence-corrected chi connectivity index (χ1v) is 8.64. The van der Waals surface area contributed by atoms with Gasteiger partial charge >= 0.3 is 0 Å². The van der Waals surface area contributed by atoms with Crippen molar-refractivity contribution in [1.82, 2.24) is 9.78 Å². The zero-order valence-corrected chi connectivity index (χ0v) is 15.8. The molecule has 0 atom stereocenters. The van der Waals surface area contributed by atoms with Crippen molar-refractivity contribution in [1.29, 1.82) is 0 Å². The normalized spacial score (nSPS) is 11.2. The summed E-state index contributed by atoms with van der Waals surface area (Å²) in [4.78, 5) is 12.1. The molecule has 0 aliphatic heterocycles. The summed E-state index contributed by atoms with van der Waals surface area (Å²) >= 11 is 17.8. The number of hydrogen-bond donors (Lipinski definition) is 0. The summed E-state index contributed by atoms with van der Waals surface area (Å²) in [5.74, 6) is 1.38. The molecule has 3 aromatic rings. The van der Waals surface area contributed by atoms with Gasteiger partial charge in [0.1, 0.15) is 23.9 Å². The molecule has 0 radical (unpaired) electrons. The van der Waals surface area contributed by atoms with Crippen LogP contribution in [0.25, 0.3) is 6.08 Å². The molecule has 5 nitrogen and oxygen atoms in total. The molecule has 0 amide bonds. The number of ketones is 1. The molecule has 0 N–H and O–H groups in total. The minimum Gasteiger partial charge on any atom is -0.486 e. The van der Waals surface area contributed by atoms with Crippen LogP contribution in [0.5, 0.6) is 5.75 Å². The number of nitrogens with zero attached hydrogens (tertiary/aromatic N) is 2. The summed E-state index contributed by atoms with van der Waals surface area (Å²) in [7, 11) is 1.69. The van der Waals surface area contributed by atoms with E-state index in [1.807, 2.05) is 0 Å². The number of rotatable bonds is 6. The summed E-state index contributed by atoms with van der Waals surface area (Å²) < 4.78 is 12.7. The highest BCUT2D eigenvalue weighted by molar-refractivity contribution is 6.42. The molecule has 3 rings (SSSR count). The molecule has 0 aliphatic rings. The first kappa shape index (κ1) is 18.6. The van der Waals surface area contributed by atoms with Crippen LogP contribution in [0, 0.1) is 0 Å². The Balaban J connectivity index is 1.61. The zero-order valence-electron chi connectivity index (χ0n) is 13.6. The minimum absolute atomic E-state index is 0.195. The Bertz CT molecular complexity index is 976. The van der Waals surface area contributed by atoms with Crippen LogP contribution in [-0.4, -0.2) is 15.6 Å². The number of carbonyl (C=O) groups excluding carboxylic acids is 1. The van der Waals surface area contributed by atoms with E-state index in [9.17, 15) is 4.79 Å². The van der Waals surface area contributed by atoms with E-state index in [-0.39, 0.29) is 18.1 Å². The van der Waals surface area contributed by atoms with Crippen molar-refractivity contribution in [2.75, 3.05) is 0 Å². The molecule has 0 fully saturated rings. The lowest BCUT2D eigenvalue weighted by atomic mass is 10.2. The van der Waals surface area contributed by atoms with Crippen LogP contribution in [0.15, 0.2) is 47.0 Å². The SMILES string of the molecule is Cn1cc(Cl)c(C(=O)/C=C/c2ccc(COc3ccc(Cl)c(Cl)c3)o2)n1. The van der Waals surface area contributed by atoms with Gasteiger partial charge in [-0.1, -0.05) is 34.8 Å². The van der Waals surface area contributed by atoms with Gasteiger partial charge in [-0.05, 0) is 36.4 Å². The average Bonchev–Trinajstić information content (AvgIpc) is 3.19. The first-order valence-electron chi connectivity index (χ1n) is 7.50. The van der Waals surface area contributed by atoms with Gasteiger partial charge < -0.3 is 9.15 Å². The number of halogens is 3. The van der Waals surface area contributed by atoms with Crippen molar-refractivity contribution in [2.45, 2.75) is 6.61 Å². The van der Waals surface area contributed by atoms with E-state index >= 15 is 0 Å². The van der Waals surface area contributed by atoms with Gasteiger partial charge in [0.25, 0.3) is 0 Å². The molecule has 8 heteroatoms. The van der Waals surface area contributed by atoms with Gasteiger partial charge in [0.15, 0.2) is 5.69 Å². The molecular weight excluding hydrogens is 399 g/mol. The monoisotopic (exact) mass is 410 g/mol. The molecule has 134 valence electrons. The van der Waals surface area contributed by atoms with Gasteiger partial charge in [-0.3, -0.25) is 9.48 Å². The van der Waals surface area contributed by atoms with Crippen molar-refractivity contribution in [3.63, 3.8) is 0 Å². The van der Waals surface area contributed by atoms with Crippen LogP contribution in [0.3, 0.4) is 0 Å². The van der Waals surface area contributed by atoms with Gasteiger partial charge in [0.05, 0.1) is 15.1 Å². The number of hydrogen-bond acceptors (Lipinski definition) is 4. The predicted molar refractivity (Wildman–Crippen MR) is 101 cm³/mol. The Morgan fingerprint density at radius 1 is 1.19 bits per heavy atom. The number of aromatic nitrogens is 2. The van der Waals surface area contributed by atoms with E-state index in [4.69, 9.17) is 44.0 Å². The van der Waals surface area contributed by atoms with Crippen LogP contribution in [0.2, 0.25) is 15.1 Å². The van der Waals surface area contributed by atoms with Crippen LogP contribution in [-0.2, 0) is 13.7 Å². The van der Waals surface area contributed by atoms with Gasteiger partial charge in [-0.2, -0.15) is 5.10 Å². The Labute approximate surface area is 164 Å². The second-order valence-corrected chi connectivity index (χ2v) is 6.59. The maximum atomic E-state index is 12.1. The summed E-state index contributed by atoms with van der Waals surface area (Å²) in [6, 6.07) is 8.49. The topological polar surface area (TPSA) is 57.3 Å². The van der Waals surface area contributed by atoms with Crippen LogP contribution in [0.1, 0.15) is 22.0 Å². The van der Waals surface area contributed by atoms with E-state index in [0.717, 1.165) is 0 Å². The molecule has 0 saturated heterocycles. The molecule has 1 aromatic carbocycles. The smallest absolute Gasteiger partial charge is 0.207 e. The third-order valence-electron chi connectivity index (χ3n) is 3.37. The highest BCUT2D eigenvalue weighted by Gasteiger charge is 2.12. The average molecular weight is 412 g/mol. The largest absolute Gasteiger partial charge is 0.486 e. The van der Waals surface area contributed by atoms with Gasteiger partial charge in [-0.25, -0.2) is 0 Å². The Morgan fingerprint density at radius 2 is 2.00 bits per heavy atom. The fraction of sp³-hybridized carbons (Fsp3) is 0.111. The number of ether oxygens (including phenoxy) is 1. The summed E-state index contributed by atoms with van der Waals surface area (Å²) in [6.07, 6.45) is 4.47. The molecule has 0 saturated carbocycles. The Kier molecular flexibility index (Phi) is 5.71. The fourth-order valence-electron chi connectivity index (χ4n) is 2.15.